The summed E-state index contributed by atoms with van der Waals surface area (Å²) in [6, 6.07) is 15.4. The summed E-state index contributed by atoms with van der Waals surface area (Å²) >= 11 is 6.60. The fraction of sp³-hybridized carbons (Fsp3) is 0.182. The molecule has 0 aliphatic heterocycles. The Morgan fingerprint density at radius 2 is 1.61 bits per heavy atom. The molecule has 0 unspecified atom stereocenters. The van der Waals surface area contributed by atoms with Gasteiger partial charge in [0.25, 0.3) is 0 Å². The number of ether oxygens (including phenoxy) is 2. The number of hydrogen-bond acceptors (Lipinski definition) is 8. The lowest BCUT2D eigenvalue weighted by molar-refractivity contribution is -0.146. The van der Waals surface area contributed by atoms with E-state index in [1.165, 1.54) is 0 Å². The van der Waals surface area contributed by atoms with Gasteiger partial charge in [-0.3, -0.25) is 5.43 Å². The molecular formula is C22H20ClN3O4S. The summed E-state index contributed by atoms with van der Waals surface area (Å²) in [5, 5.41) is 16.2. The second-order valence-electron chi connectivity index (χ2n) is 5.79. The van der Waals surface area contributed by atoms with Gasteiger partial charge in [0.1, 0.15) is 10.4 Å². The highest BCUT2D eigenvalue weighted by atomic mass is 35.5. The monoisotopic (exact) mass is 457 g/mol. The molecule has 160 valence electrons. The molecule has 0 amide bonds. The van der Waals surface area contributed by atoms with E-state index in [1.807, 2.05) is 5.40 Å². The zero-order valence-corrected chi connectivity index (χ0v) is 18.5. The van der Waals surface area contributed by atoms with E-state index in [-0.39, 0.29) is 29.4 Å². The molecule has 2 rings (SSSR count). The van der Waals surface area contributed by atoms with Crippen LogP contribution >= 0.6 is 23.4 Å². The van der Waals surface area contributed by atoms with Gasteiger partial charge in [0.2, 0.25) is 0 Å². The van der Waals surface area contributed by atoms with Crippen molar-refractivity contribution in [3.8, 4) is 5.40 Å². The Hall–Kier alpha value is -3.28. The van der Waals surface area contributed by atoms with Crippen molar-refractivity contribution in [2.75, 3.05) is 18.6 Å². The molecule has 1 N–H and O–H groups in total. The van der Waals surface area contributed by atoms with Gasteiger partial charge < -0.3 is 9.47 Å². The zero-order valence-electron chi connectivity index (χ0n) is 16.9. The van der Waals surface area contributed by atoms with Gasteiger partial charge in [-0.15, -0.1) is 0 Å². The minimum Gasteiger partial charge on any atom is -0.462 e. The number of carbonyl (C=O) groups excluding carboxylic acids is 2. The van der Waals surface area contributed by atoms with Gasteiger partial charge in [-0.1, -0.05) is 41.9 Å². The molecule has 2 aromatic rings. The smallest absolute Gasteiger partial charge is 0.346 e. The molecule has 0 aliphatic carbocycles. The SMILES string of the molecule is CCOC(=O)C(C(=O)OCC)=C(/C(=N\Nc1ccc(Cl)cc1)SC#N)c1ccccc1. The number of halogens is 1. The van der Waals surface area contributed by atoms with Crippen molar-refractivity contribution in [1.82, 2.24) is 0 Å². The molecule has 31 heavy (non-hydrogen) atoms. The topological polar surface area (TPSA) is 101 Å². The van der Waals surface area contributed by atoms with Crippen molar-refractivity contribution in [2.45, 2.75) is 13.8 Å². The first-order valence-corrected chi connectivity index (χ1v) is 10.5. The standard InChI is InChI=1S/C22H20ClN3O4S/c1-3-29-21(27)19(22(28)30-4-2)18(15-8-6-5-7-9-15)20(31-14-24)26-25-17-12-10-16(23)11-13-17/h5-13,25H,3-4H2,1-2H3/b26-20+. The number of hydrogen-bond donors (Lipinski definition) is 1. The Kier molecular flexibility index (Phi) is 9.62. The maximum absolute atomic E-state index is 12.7. The minimum absolute atomic E-state index is 0.0602. The van der Waals surface area contributed by atoms with E-state index < -0.39 is 11.9 Å². The third-order valence-electron chi connectivity index (χ3n) is 3.76. The van der Waals surface area contributed by atoms with Crippen molar-refractivity contribution >= 4 is 51.6 Å². The summed E-state index contributed by atoms with van der Waals surface area (Å²) in [5.41, 5.74) is 3.71. The normalized spacial score (nSPS) is 10.6. The number of thiocyanates is 1. The lowest BCUT2D eigenvalue weighted by atomic mass is 10.0. The number of nitriles is 1. The lowest BCUT2D eigenvalue weighted by Gasteiger charge is -2.15. The number of thioether (sulfide) groups is 1. The van der Waals surface area contributed by atoms with Crippen LogP contribution in [0.15, 0.2) is 65.3 Å². The molecule has 9 heteroatoms. The number of esters is 2. The number of hydrazone groups is 1. The average molecular weight is 458 g/mol. The van der Waals surface area contributed by atoms with Crippen LogP contribution in [-0.4, -0.2) is 30.2 Å². The number of nitrogens with zero attached hydrogens (tertiary/aromatic N) is 2. The second-order valence-corrected chi connectivity index (χ2v) is 7.00. The number of nitrogens with one attached hydrogen (secondary N) is 1. The minimum atomic E-state index is -0.863. The summed E-state index contributed by atoms with van der Waals surface area (Å²) in [4.78, 5) is 25.5. The quantitative estimate of drug-likeness (QED) is 0.0882. The molecule has 0 fully saturated rings. The molecule has 0 atom stereocenters. The number of benzene rings is 2. The van der Waals surface area contributed by atoms with E-state index in [9.17, 15) is 14.9 Å². The van der Waals surface area contributed by atoms with Gasteiger partial charge in [-0.25, -0.2) is 9.59 Å². The average Bonchev–Trinajstić information content (AvgIpc) is 2.77. The van der Waals surface area contributed by atoms with Crippen LogP contribution in [0, 0.1) is 10.7 Å². The molecular weight excluding hydrogens is 438 g/mol. The van der Waals surface area contributed by atoms with Crippen LogP contribution in [0.2, 0.25) is 5.02 Å². The van der Waals surface area contributed by atoms with E-state index >= 15 is 0 Å². The van der Waals surface area contributed by atoms with Crippen molar-refractivity contribution in [1.29, 1.82) is 5.26 Å². The van der Waals surface area contributed by atoms with Crippen molar-refractivity contribution in [3.05, 3.63) is 70.8 Å². The fourth-order valence-electron chi connectivity index (χ4n) is 2.49. The summed E-state index contributed by atoms with van der Waals surface area (Å²) < 4.78 is 10.2. The first-order valence-electron chi connectivity index (χ1n) is 9.31. The van der Waals surface area contributed by atoms with Crippen LogP contribution in [0.1, 0.15) is 19.4 Å². The third-order valence-corrected chi connectivity index (χ3v) is 4.59. The Labute approximate surface area is 189 Å². The molecule has 0 aromatic heterocycles. The molecule has 0 saturated heterocycles. The zero-order chi connectivity index (χ0) is 22.6. The van der Waals surface area contributed by atoms with Crippen molar-refractivity contribution < 1.29 is 19.1 Å². The van der Waals surface area contributed by atoms with Gasteiger partial charge in [0, 0.05) is 22.4 Å². The van der Waals surface area contributed by atoms with Crippen LogP contribution in [-0.2, 0) is 19.1 Å². The van der Waals surface area contributed by atoms with Gasteiger partial charge in [-0.05, 0) is 43.7 Å². The second kappa shape index (κ2) is 12.4. The van der Waals surface area contributed by atoms with E-state index in [1.54, 1.807) is 68.4 Å². The predicted molar refractivity (Wildman–Crippen MR) is 122 cm³/mol. The van der Waals surface area contributed by atoms with E-state index in [4.69, 9.17) is 21.1 Å². The van der Waals surface area contributed by atoms with E-state index in [0.29, 0.717) is 28.0 Å². The Morgan fingerprint density at radius 3 is 2.13 bits per heavy atom. The van der Waals surface area contributed by atoms with Gasteiger partial charge in [-0.2, -0.15) is 10.4 Å². The Balaban J connectivity index is 2.69. The number of anilines is 1. The third kappa shape index (κ3) is 6.88. The first kappa shape index (κ1) is 24.0. The van der Waals surface area contributed by atoms with Crippen LogP contribution in [0.5, 0.6) is 0 Å². The maximum atomic E-state index is 12.7. The first-order chi connectivity index (χ1) is 15.0. The van der Waals surface area contributed by atoms with Gasteiger partial charge >= 0.3 is 11.9 Å². The molecule has 0 bridgehead atoms. The Bertz CT molecular complexity index is 995. The highest BCUT2D eigenvalue weighted by Gasteiger charge is 2.30. The van der Waals surface area contributed by atoms with E-state index in [0.717, 1.165) is 0 Å². The Morgan fingerprint density at radius 1 is 1.03 bits per heavy atom. The molecule has 0 spiro atoms. The van der Waals surface area contributed by atoms with Crippen molar-refractivity contribution in [2.24, 2.45) is 5.10 Å². The largest absolute Gasteiger partial charge is 0.462 e. The van der Waals surface area contributed by atoms with Gasteiger partial charge in [0.05, 0.1) is 18.9 Å². The predicted octanol–water partition coefficient (Wildman–Crippen LogP) is 4.86. The highest BCUT2D eigenvalue weighted by molar-refractivity contribution is 8.18. The molecule has 0 heterocycles. The summed E-state index contributed by atoms with van der Waals surface area (Å²) in [7, 11) is 0. The van der Waals surface area contributed by atoms with Crippen LogP contribution < -0.4 is 5.43 Å². The van der Waals surface area contributed by atoms with Gasteiger partial charge in [0.15, 0.2) is 5.57 Å². The summed E-state index contributed by atoms with van der Waals surface area (Å²) in [6.45, 7) is 3.38. The highest BCUT2D eigenvalue weighted by Crippen LogP contribution is 2.28. The van der Waals surface area contributed by atoms with Crippen LogP contribution in [0.4, 0.5) is 5.69 Å². The molecule has 7 nitrogen and oxygen atoms in total. The molecule has 0 saturated carbocycles. The summed E-state index contributed by atoms with van der Waals surface area (Å²) in [5.74, 6) is -1.73. The fourth-order valence-corrected chi connectivity index (χ4v) is 3.11. The van der Waals surface area contributed by atoms with Crippen LogP contribution in [0.25, 0.3) is 5.57 Å². The summed E-state index contributed by atoms with van der Waals surface area (Å²) in [6.07, 6.45) is 0. The molecule has 2 aromatic carbocycles. The van der Waals surface area contributed by atoms with E-state index in [2.05, 4.69) is 10.5 Å². The van der Waals surface area contributed by atoms with Crippen LogP contribution in [0.3, 0.4) is 0 Å². The maximum Gasteiger partial charge on any atom is 0.346 e. The number of rotatable bonds is 8. The van der Waals surface area contributed by atoms with Crippen molar-refractivity contribution in [3.63, 3.8) is 0 Å². The number of carbonyl (C=O) groups is 2. The lowest BCUT2D eigenvalue weighted by Crippen LogP contribution is -2.22. The molecule has 0 aliphatic rings. The molecule has 0 radical (unpaired) electrons.